The van der Waals surface area contributed by atoms with Gasteiger partial charge in [-0.25, -0.2) is 4.98 Å². The van der Waals surface area contributed by atoms with Gasteiger partial charge in [-0.2, -0.15) is 0 Å². The first-order chi connectivity index (χ1) is 11.2. The number of amides is 1. The molecular formula is C17H23ClN4OS. The highest BCUT2D eigenvalue weighted by Crippen LogP contribution is 2.29. The van der Waals surface area contributed by atoms with E-state index < -0.39 is 0 Å². The molecule has 1 amide bonds. The van der Waals surface area contributed by atoms with Crippen LogP contribution in [-0.4, -0.2) is 55.1 Å². The number of fused-ring (bicyclic) bond motifs is 1. The average Bonchev–Trinajstić information content (AvgIpc) is 2.96. The third kappa shape index (κ3) is 3.23. The summed E-state index contributed by atoms with van der Waals surface area (Å²) in [4.78, 5) is 21.7. The molecule has 0 bridgehead atoms. The summed E-state index contributed by atoms with van der Waals surface area (Å²) in [6, 6.07) is 8.25. The topological polar surface area (TPSA) is 48.5 Å². The van der Waals surface area contributed by atoms with Crippen molar-refractivity contribution in [1.82, 2.24) is 15.2 Å². The molecule has 5 nitrogen and oxygen atoms in total. The highest BCUT2D eigenvalue weighted by Gasteiger charge is 2.33. The number of nitrogens with zero attached hydrogens (tertiary/aromatic N) is 3. The van der Waals surface area contributed by atoms with Crippen LogP contribution in [0.3, 0.4) is 0 Å². The van der Waals surface area contributed by atoms with Crippen LogP contribution >= 0.6 is 23.7 Å². The SMILES string of the molecule is CC(C(=O)N1CCN(c2nc3ccccc3s2)CC1)C1CNC1.Cl. The molecule has 2 aromatic rings. The second kappa shape index (κ2) is 7.25. The Morgan fingerprint density at radius 2 is 1.96 bits per heavy atom. The Morgan fingerprint density at radius 3 is 2.58 bits per heavy atom. The first kappa shape index (κ1) is 17.5. The normalized spacial score (nSPS) is 19.7. The van der Waals surface area contributed by atoms with E-state index in [4.69, 9.17) is 4.98 Å². The Kier molecular flexibility index (Phi) is 5.27. The van der Waals surface area contributed by atoms with Crippen LogP contribution in [0.25, 0.3) is 10.2 Å². The molecule has 1 N–H and O–H groups in total. The molecule has 3 heterocycles. The Labute approximate surface area is 152 Å². The van der Waals surface area contributed by atoms with Crippen LogP contribution < -0.4 is 10.2 Å². The number of carbonyl (C=O) groups excluding carboxylic acids is 1. The van der Waals surface area contributed by atoms with Crippen LogP contribution in [0.4, 0.5) is 5.13 Å². The molecule has 0 spiro atoms. The maximum atomic E-state index is 12.6. The minimum absolute atomic E-state index is 0. The number of para-hydroxylation sites is 1. The molecule has 2 aliphatic rings. The summed E-state index contributed by atoms with van der Waals surface area (Å²) in [5, 5.41) is 4.33. The van der Waals surface area contributed by atoms with Crippen molar-refractivity contribution >= 4 is 45.0 Å². The van der Waals surface area contributed by atoms with Gasteiger partial charge in [0.05, 0.1) is 10.2 Å². The van der Waals surface area contributed by atoms with E-state index in [1.165, 1.54) is 4.70 Å². The predicted molar refractivity (Wildman–Crippen MR) is 101 cm³/mol. The fourth-order valence-corrected chi connectivity index (χ4v) is 4.28. The van der Waals surface area contributed by atoms with Gasteiger partial charge >= 0.3 is 0 Å². The van der Waals surface area contributed by atoms with E-state index in [9.17, 15) is 4.79 Å². The van der Waals surface area contributed by atoms with Gasteiger partial charge in [-0.15, -0.1) is 12.4 Å². The van der Waals surface area contributed by atoms with Gasteiger partial charge in [0.15, 0.2) is 5.13 Å². The van der Waals surface area contributed by atoms with Crippen molar-refractivity contribution in [2.45, 2.75) is 6.92 Å². The molecule has 0 aliphatic carbocycles. The number of benzene rings is 1. The number of anilines is 1. The summed E-state index contributed by atoms with van der Waals surface area (Å²) in [6.45, 7) is 7.41. The van der Waals surface area contributed by atoms with Gasteiger partial charge in [-0.05, 0) is 31.1 Å². The molecule has 1 unspecified atom stereocenters. The number of rotatable bonds is 3. The number of piperazine rings is 1. The van der Waals surface area contributed by atoms with Gasteiger partial charge in [-0.1, -0.05) is 30.4 Å². The number of hydrogen-bond donors (Lipinski definition) is 1. The van der Waals surface area contributed by atoms with E-state index in [-0.39, 0.29) is 18.3 Å². The maximum Gasteiger partial charge on any atom is 0.225 e. The number of hydrogen-bond acceptors (Lipinski definition) is 5. The van der Waals surface area contributed by atoms with Gasteiger partial charge in [0, 0.05) is 32.1 Å². The van der Waals surface area contributed by atoms with Gasteiger partial charge in [0.25, 0.3) is 0 Å². The van der Waals surface area contributed by atoms with Crippen molar-refractivity contribution in [3.05, 3.63) is 24.3 Å². The van der Waals surface area contributed by atoms with Crippen molar-refractivity contribution in [2.24, 2.45) is 11.8 Å². The Balaban J connectivity index is 0.00000169. The van der Waals surface area contributed by atoms with Crippen molar-refractivity contribution in [3.63, 3.8) is 0 Å². The summed E-state index contributed by atoms with van der Waals surface area (Å²) >= 11 is 1.74. The number of halogens is 1. The van der Waals surface area contributed by atoms with Crippen LogP contribution in [0.5, 0.6) is 0 Å². The predicted octanol–water partition coefficient (Wildman–Crippen LogP) is 2.22. The van der Waals surface area contributed by atoms with Crippen LogP contribution in [0.1, 0.15) is 6.92 Å². The first-order valence-electron chi connectivity index (χ1n) is 8.32. The highest BCUT2D eigenvalue weighted by atomic mass is 35.5. The fraction of sp³-hybridized carbons (Fsp3) is 0.529. The summed E-state index contributed by atoms with van der Waals surface area (Å²) < 4.78 is 1.23. The maximum absolute atomic E-state index is 12.6. The second-order valence-corrected chi connectivity index (χ2v) is 7.49. The minimum atomic E-state index is 0. The lowest BCUT2D eigenvalue weighted by Gasteiger charge is -2.39. The van der Waals surface area contributed by atoms with Crippen LogP contribution in [0, 0.1) is 11.8 Å². The molecular weight excluding hydrogens is 344 g/mol. The number of nitrogens with one attached hydrogen (secondary N) is 1. The summed E-state index contributed by atoms with van der Waals surface area (Å²) in [5.74, 6) is 0.982. The third-order valence-corrected chi connectivity index (χ3v) is 6.15. The van der Waals surface area contributed by atoms with Crippen LogP contribution in [0.2, 0.25) is 0 Å². The van der Waals surface area contributed by atoms with Crippen molar-refractivity contribution in [2.75, 3.05) is 44.2 Å². The standard InChI is InChI=1S/C17H22N4OS.ClH/c1-12(13-10-18-11-13)16(22)20-6-8-21(9-7-20)17-19-14-4-2-3-5-15(14)23-17;/h2-5,12-13,18H,6-11H2,1H3;1H. The highest BCUT2D eigenvalue weighted by molar-refractivity contribution is 7.22. The van der Waals surface area contributed by atoms with E-state index in [2.05, 4.69) is 35.3 Å². The largest absolute Gasteiger partial charge is 0.345 e. The molecule has 0 radical (unpaired) electrons. The zero-order chi connectivity index (χ0) is 15.8. The zero-order valence-corrected chi connectivity index (χ0v) is 15.4. The molecule has 24 heavy (non-hydrogen) atoms. The first-order valence-corrected chi connectivity index (χ1v) is 9.14. The minimum Gasteiger partial charge on any atom is -0.345 e. The molecule has 2 saturated heterocycles. The van der Waals surface area contributed by atoms with E-state index >= 15 is 0 Å². The van der Waals surface area contributed by atoms with E-state index in [0.717, 1.165) is 49.9 Å². The van der Waals surface area contributed by atoms with Crippen molar-refractivity contribution in [3.8, 4) is 0 Å². The molecule has 2 fully saturated rings. The smallest absolute Gasteiger partial charge is 0.225 e. The van der Waals surface area contributed by atoms with E-state index in [1.807, 2.05) is 11.0 Å². The monoisotopic (exact) mass is 366 g/mol. The van der Waals surface area contributed by atoms with Crippen molar-refractivity contribution in [1.29, 1.82) is 0 Å². The lowest BCUT2D eigenvalue weighted by Crippen LogP contribution is -2.54. The Morgan fingerprint density at radius 1 is 1.25 bits per heavy atom. The number of aromatic nitrogens is 1. The lowest BCUT2D eigenvalue weighted by atomic mass is 9.88. The summed E-state index contributed by atoms with van der Waals surface area (Å²) in [6.07, 6.45) is 0. The van der Waals surface area contributed by atoms with Crippen molar-refractivity contribution < 1.29 is 4.79 Å². The molecule has 7 heteroatoms. The second-order valence-electron chi connectivity index (χ2n) is 6.48. The molecule has 1 aromatic heterocycles. The van der Waals surface area contributed by atoms with Gasteiger partial charge < -0.3 is 15.1 Å². The number of carbonyl (C=O) groups is 1. The molecule has 2 aliphatic heterocycles. The quantitative estimate of drug-likeness (QED) is 0.904. The van der Waals surface area contributed by atoms with Gasteiger partial charge in [-0.3, -0.25) is 4.79 Å². The Bertz CT molecular complexity index is 676. The lowest BCUT2D eigenvalue weighted by molar-refractivity contribution is -0.137. The van der Waals surface area contributed by atoms with E-state index in [0.29, 0.717) is 11.8 Å². The average molecular weight is 367 g/mol. The Hall–Kier alpha value is -1.37. The van der Waals surface area contributed by atoms with Crippen LogP contribution in [-0.2, 0) is 4.79 Å². The van der Waals surface area contributed by atoms with E-state index in [1.54, 1.807) is 11.3 Å². The summed E-state index contributed by atoms with van der Waals surface area (Å²) in [7, 11) is 0. The molecule has 0 saturated carbocycles. The van der Waals surface area contributed by atoms with Gasteiger partial charge in [0.1, 0.15) is 0 Å². The molecule has 130 valence electrons. The third-order valence-electron chi connectivity index (χ3n) is 5.05. The fourth-order valence-electron chi connectivity index (χ4n) is 3.27. The summed E-state index contributed by atoms with van der Waals surface area (Å²) in [5.41, 5.74) is 1.07. The number of thiazole rings is 1. The van der Waals surface area contributed by atoms with Gasteiger partial charge in [0.2, 0.25) is 5.91 Å². The van der Waals surface area contributed by atoms with Crippen LogP contribution in [0.15, 0.2) is 24.3 Å². The molecule has 1 aromatic carbocycles. The zero-order valence-electron chi connectivity index (χ0n) is 13.8. The molecule has 4 rings (SSSR count). The molecule has 1 atom stereocenters.